The fraction of sp³-hybridized carbons (Fsp3) is 0.889. The predicted octanol–water partition coefficient (Wildman–Crippen LogP) is -0.508. The van der Waals surface area contributed by atoms with E-state index in [4.69, 9.17) is 5.11 Å². The Morgan fingerprint density at radius 3 is 2.50 bits per heavy atom. The molecule has 0 amide bonds. The molecule has 3 unspecified atom stereocenters. The van der Waals surface area contributed by atoms with E-state index < -0.39 is 27.3 Å². The fourth-order valence-electron chi connectivity index (χ4n) is 1.68. The molecule has 16 heavy (non-hydrogen) atoms. The van der Waals surface area contributed by atoms with Crippen LogP contribution in [0.1, 0.15) is 20.3 Å². The second-order valence-corrected chi connectivity index (χ2v) is 6.47. The minimum absolute atomic E-state index is 0.162. The first-order valence-electron chi connectivity index (χ1n) is 5.16. The molecule has 0 radical (unpaired) electrons. The van der Waals surface area contributed by atoms with Gasteiger partial charge < -0.3 is 10.2 Å². The summed E-state index contributed by atoms with van der Waals surface area (Å²) in [5, 5.41) is 16.7. The van der Waals surface area contributed by atoms with E-state index in [1.807, 2.05) is 0 Å². The lowest BCUT2D eigenvalue weighted by atomic mass is 9.99. The number of rotatable bonds is 3. The molecule has 0 aromatic rings. The molecular weight excluding hydrogens is 234 g/mol. The van der Waals surface area contributed by atoms with Crippen LogP contribution in [0, 0.1) is 5.92 Å². The van der Waals surface area contributed by atoms with Crippen molar-refractivity contribution in [1.82, 2.24) is 4.31 Å². The maximum Gasteiger partial charge on any atom is 0.323 e. The van der Waals surface area contributed by atoms with Crippen LogP contribution < -0.4 is 0 Å². The summed E-state index contributed by atoms with van der Waals surface area (Å²) in [7, 11) is -3.79. The van der Waals surface area contributed by atoms with Crippen molar-refractivity contribution in [3.63, 3.8) is 0 Å². The molecule has 3 atom stereocenters. The van der Waals surface area contributed by atoms with Gasteiger partial charge in [-0.2, -0.15) is 0 Å². The molecule has 1 rings (SSSR count). The number of piperidine rings is 1. The molecule has 6 nitrogen and oxygen atoms in total. The predicted molar refractivity (Wildman–Crippen MR) is 57.4 cm³/mol. The molecule has 0 spiro atoms. The van der Waals surface area contributed by atoms with Gasteiger partial charge in [0.15, 0.2) is 5.25 Å². The van der Waals surface area contributed by atoms with Crippen molar-refractivity contribution in [2.75, 3.05) is 13.1 Å². The van der Waals surface area contributed by atoms with Gasteiger partial charge in [-0.05, 0) is 19.3 Å². The van der Waals surface area contributed by atoms with Gasteiger partial charge >= 0.3 is 5.97 Å². The number of hydrogen-bond acceptors (Lipinski definition) is 4. The summed E-state index contributed by atoms with van der Waals surface area (Å²) in [5.74, 6) is -1.51. The van der Waals surface area contributed by atoms with E-state index in [0.29, 0.717) is 6.42 Å². The van der Waals surface area contributed by atoms with Crippen molar-refractivity contribution in [3.8, 4) is 0 Å². The molecule has 0 bridgehead atoms. The normalized spacial score (nSPS) is 29.9. The largest absolute Gasteiger partial charge is 0.480 e. The zero-order valence-corrected chi connectivity index (χ0v) is 10.1. The quantitative estimate of drug-likeness (QED) is 0.704. The third kappa shape index (κ3) is 2.53. The van der Waals surface area contributed by atoms with Gasteiger partial charge in [0, 0.05) is 13.1 Å². The zero-order chi connectivity index (χ0) is 12.5. The lowest BCUT2D eigenvalue weighted by Gasteiger charge is -2.34. The zero-order valence-electron chi connectivity index (χ0n) is 9.33. The Morgan fingerprint density at radius 2 is 2.06 bits per heavy atom. The molecule has 1 saturated heterocycles. The average Bonchev–Trinajstić information content (AvgIpc) is 2.20. The minimum atomic E-state index is -3.79. The average molecular weight is 251 g/mol. The monoisotopic (exact) mass is 251 g/mol. The molecule has 0 aromatic heterocycles. The number of carboxylic acid groups (broad SMARTS) is 1. The van der Waals surface area contributed by atoms with Gasteiger partial charge in [-0.15, -0.1) is 0 Å². The highest BCUT2D eigenvalue weighted by Crippen LogP contribution is 2.21. The first kappa shape index (κ1) is 13.4. The summed E-state index contributed by atoms with van der Waals surface area (Å²) in [6, 6.07) is 0. The Morgan fingerprint density at radius 1 is 1.50 bits per heavy atom. The first-order chi connectivity index (χ1) is 7.26. The summed E-state index contributed by atoms with van der Waals surface area (Å²) in [5.41, 5.74) is 0. The molecule has 0 saturated carbocycles. The van der Waals surface area contributed by atoms with Crippen molar-refractivity contribution >= 4 is 16.0 Å². The summed E-state index contributed by atoms with van der Waals surface area (Å²) < 4.78 is 24.8. The van der Waals surface area contributed by atoms with E-state index >= 15 is 0 Å². The molecule has 0 aromatic carbocycles. The van der Waals surface area contributed by atoms with Crippen LogP contribution in [0.5, 0.6) is 0 Å². The van der Waals surface area contributed by atoms with Crippen LogP contribution >= 0.6 is 0 Å². The minimum Gasteiger partial charge on any atom is -0.480 e. The van der Waals surface area contributed by atoms with E-state index in [-0.39, 0.29) is 19.0 Å². The van der Waals surface area contributed by atoms with Crippen molar-refractivity contribution in [3.05, 3.63) is 0 Å². The Balaban J connectivity index is 2.82. The Kier molecular flexibility index (Phi) is 3.92. The second-order valence-electron chi connectivity index (χ2n) is 4.22. The number of aliphatic hydroxyl groups is 1. The van der Waals surface area contributed by atoms with Gasteiger partial charge in [-0.1, -0.05) is 6.92 Å². The van der Waals surface area contributed by atoms with Crippen LogP contribution in [0.4, 0.5) is 0 Å². The Bertz CT molecular complexity index is 366. The number of hydrogen-bond donors (Lipinski definition) is 2. The molecule has 0 aliphatic carbocycles. The molecule has 1 heterocycles. The highest BCUT2D eigenvalue weighted by atomic mass is 32.2. The molecular formula is C9H17NO5S. The topological polar surface area (TPSA) is 94.9 Å². The maximum atomic E-state index is 11.8. The summed E-state index contributed by atoms with van der Waals surface area (Å²) in [6.45, 7) is 3.28. The molecule has 7 heteroatoms. The number of sulfonamides is 1. The van der Waals surface area contributed by atoms with Gasteiger partial charge in [0.05, 0.1) is 6.10 Å². The van der Waals surface area contributed by atoms with E-state index in [2.05, 4.69) is 0 Å². The van der Waals surface area contributed by atoms with Gasteiger partial charge in [-0.25, -0.2) is 12.7 Å². The number of aliphatic hydroxyl groups excluding tert-OH is 1. The van der Waals surface area contributed by atoms with Crippen LogP contribution in [-0.4, -0.2) is 53.3 Å². The third-order valence-corrected chi connectivity index (χ3v) is 5.12. The van der Waals surface area contributed by atoms with E-state index in [9.17, 15) is 18.3 Å². The SMILES string of the molecule is CC1CN(S(=O)(=O)C(C)C(=O)O)CCC1O. The summed E-state index contributed by atoms with van der Waals surface area (Å²) >= 11 is 0. The maximum absolute atomic E-state index is 11.8. The van der Waals surface area contributed by atoms with E-state index in [1.54, 1.807) is 6.92 Å². The fourth-order valence-corrected chi connectivity index (χ4v) is 3.18. The number of carbonyl (C=O) groups is 1. The summed E-state index contributed by atoms with van der Waals surface area (Å²) in [4.78, 5) is 10.7. The van der Waals surface area contributed by atoms with Crippen LogP contribution in [0.3, 0.4) is 0 Å². The van der Waals surface area contributed by atoms with Crippen molar-refractivity contribution in [2.45, 2.75) is 31.6 Å². The third-order valence-electron chi connectivity index (χ3n) is 2.98. The van der Waals surface area contributed by atoms with Crippen LogP contribution in [0.15, 0.2) is 0 Å². The van der Waals surface area contributed by atoms with Gasteiger partial charge in [0.25, 0.3) is 0 Å². The number of carboxylic acids is 1. The molecule has 1 aliphatic rings. The highest BCUT2D eigenvalue weighted by Gasteiger charge is 2.37. The molecule has 2 N–H and O–H groups in total. The second kappa shape index (κ2) is 4.68. The van der Waals surface area contributed by atoms with Crippen LogP contribution in [-0.2, 0) is 14.8 Å². The van der Waals surface area contributed by atoms with Crippen LogP contribution in [0.25, 0.3) is 0 Å². The Labute approximate surface area is 94.9 Å². The van der Waals surface area contributed by atoms with Crippen molar-refractivity contribution in [1.29, 1.82) is 0 Å². The first-order valence-corrected chi connectivity index (χ1v) is 6.67. The number of aliphatic carboxylic acids is 1. The van der Waals surface area contributed by atoms with Crippen LogP contribution in [0.2, 0.25) is 0 Å². The highest BCUT2D eigenvalue weighted by molar-refractivity contribution is 7.90. The lowest BCUT2D eigenvalue weighted by Crippen LogP contribution is -2.49. The van der Waals surface area contributed by atoms with Gasteiger partial charge in [0.1, 0.15) is 0 Å². The van der Waals surface area contributed by atoms with Gasteiger partial charge in [-0.3, -0.25) is 4.79 Å². The summed E-state index contributed by atoms with van der Waals surface area (Å²) in [6.07, 6.45) is -0.154. The molecule has 1 aliphatic heterocycles. The van der Waals surface area contributed by atoms with Gasteiger partial charge in [0.2, 0.25) is 10.0 Å². The lowest BCUT2D eigenvalue weighted by molar-refractivity contribution is -0.136. The Hall–Kier alpha value is -0.660. The van der Waals surface area contributed by atoms with Crippen molar-refractivity contribution < 1.29 is 23.4 Å². The smallest absolute Gasteiger partial charge is 0.323 e. The van der Waals surface area contributed by atoms with E-state index in [1.165, 1.54) is 0 Å². The number of nitrogens with zero attached hydrogens (tertiary/aromatic N) is 1. The van der Waals surface area contributed by atoms with Crippen molar-refractivity contribution in [2.24, 2.45) is 5.92 Å². The standard InChI is InChI=1S/C9H17NO5S/c1-6-5-10(4-3-8(6)11)16(14,15)7(2)9(12)13/h6-8,11H,3-5H2,1-2H3,(H,12,13). The molecule has 94 valence electrons. The molecule has 1 fully saturated rings. The van der Waals surface area contributed by atoms with E-state index in [0.717, 1.165) is 11.2 Å².